The average Bonchev–Trinajstić information content (AvgIpc) is 2.88. The van der Waals surface area contributed by atoms with Crippen LogP contribution < -0.4 is 0 Å². The lowest BCUT2D eigenvalue weighted by Crippen LogP contribution is -2.22. The van der Waals surface area contributed by atoms with E-state index < -0.39 is 24.0 Å². The molecule has 220 valence electrons. The second-order valence-electron chi connectivity index (χ2n) is 10.3. The molecule has 0 aromatic rings. The molecule has 0 aliphatic carbocycles. The van der Waals surface area contributed by atoms with Crippen molar-refractivity contribution >= 4 is 17.9 Å². The molecule has 0 aliphatic heterocycles. The second kappa shape index (κ2) is 26.5. The normalized spacial score (nSPS) is 11.9. The van der Waals surface area contributed by atoms with E-state index in [0.717, 1.165) is 50.7 Å². The van der Waals surface area contributed by atoms with Gasteiger partial charge in [0.1, 0.15) is 5.76 Å². The van der Waals surface area contributed by atoms with Gasteiger partial charge in [0.15, 0.2) is 6.10 Å². The monoisotopic (exact) mass is 536 g/mol. The van der Waals surface area contributed by atoms with Crippen LogP contribution in [0, 0.1) is 0 Å². The second-order valence-corrected chi connectivity index (χ2v) is 10.3. The van der Waals surface area contributed by atoms with Crippen molar-refractivity contribution in [2.24, 2.45) is 0 Å². The molecule has 0 spiro atoms. The van der Waals surface area contributed by atoms with Gasteiger partial charge in [0.25, 0.3) is 0 Å². The van der Waals surface area contributed by atoms with E-state index in [1.54, 1.807) is 0 Å². The molecule has 38 heavy (non-hydrogen) atoms. The third kappa shape index (κ3) is 24.2. The van der Waals surface area contributed by atoms with Gasteiger partial charge in [-0.05, 0) is 19.3 Å². The summed E-state index contributed by atoms with van der Waals surface area (Å²) in [6.07, 6.45) is 24.6. The Bertz CT molecular complexity index is 654. The third-order valence-corrected chi connectivity index (χ3v) is 6.56. The summed E-state index contributed by atoms with van der Waals surface area (Å²) >= 11 is 0. The Morgan fingerprint density at radius 1 is 0.632 bits per heavy atom. The summed E-state index contributed by atoms with van der Waals surface area (Å²) in [4.78, 5) is 35.5. The number of unbranched alkanes of at least 4 members (excludes halogenated alkanes) is 17. The van der Waals surface area contributed by atoms with E-state index in [2.05, 4.69) is 20.4 Å². The van der Waals surface area contributed by atoms with Gasteiger partial charge >= 0.3 is 17.9 Å². The topological polar surface area (TPSA) is 78.9 Å². The number of rotatable bonds is 26. The van der Waals surface area contributed by atoms with Crippen molar-refractivity contribution in [3.05, 3.63) is 24.5 Å². The van der Waals surface area contributed by atoms with Crippen LogP contribution in [0.3, 0.4) is 0 Å². The molecule has 0 radical (unpaired) electrons. The highest BCUT2D eigenvalue weighted by atomic mass is 16.6. The molecule has 1 atom stereocenters. The van der Waals surface area contributed by atoms with Crippen molar-refractivity contribution in [1.29, 1.82) is 0 Å². The number of ether oxygens (including phenoxy) is 3. The maximum absolute atomic E-state index is 12.3. The molecule has 0 bridgehead atoms. The van der Waals surface area contributed by atoms with E-state index in [-0.39, 0.29) is 5.76 Å². The first-order valence-electron chi connectivity index (χ1n) is 15.3. The van der Waals surface area contributed by atoms with E-state index in [0.29, 0.717) is 13.0 Å². The molecule has 0 amide bonds. The molecule has 0 rings (SSSR count). The van der Waals surface area contributed by atoms with Crippen LogP contribution in [0.4, 0.5) is 0 Å². The molecule has 0 aromatic carbocycles. The Morgan fingerprint density at radius 3 is 1.53 bits per heavy atom. The minimum atomic E-state index is -0.733. The fourth-order valence-electron chi connectivity index (χ4n) is 4.30. The molecule has 0 heterocycles. The van der Waals surface area contributed by atoms with E-state index in [1.807, 2.05) is 0 Å². The lowest BCUT2D eigenvalue weighted by molar-refractivity contribution is -0.148. The van der Waals surface area contributed by atoms with Crippen molar-refractivity contribution in [2.75, 3.05) is 6.61 Å². The predicted molar refractivity (Wildman–Crippen MR) is 155 cm³/mol. The highest BCUT2D eigenvalue weighted by Gasteiger charge is 2.19. The fourth-order valence-corrected chi connectivity index (χ4v) is 4.30. The molecule has 0 aromatic heterocycles. The van der Waals surface area contributed by atoms with Gasteiger partial charge in [-0.2, -0.15) is 0 Å². The van der Waals surface area contributed by atoms with Crippen molar-refractivity contribution in [1.82, 2.24) is 0 Å². The van der Waals surface area contributed by atoms with Crippen molar-refractivity contribution in [3.8, 4) is 0 Å². The number of carbonyl (C=O) groups excluding carboxylic acids is 3. The Balaban J connectivity index is 4.16. The predicted octanol–water partition coefficient (Wildman–Crippen LogP) is 8.92. The van der Waals surface area contributed by atoms with Crippen molar-refractivity contribution in [3.63, 3.8) is 0 Å². The maximum Gasteiger partial charge on any atom is 0.331 e. The summed E-state index contributed by atoms with van der Waals surface area (Å²) in [6.45, 7) is 9.84. The minimum absolute atomic E-state index is 0.113. The number of esters is 3. The molecular weight excluding hydrogens is 480 g/mol. The molecule has 6 heteroatoms. The van der Waals surface area contributed by atoms with Gasteiger partial charge in [0, 0.05) is 19.1 Å². The Morgan fingerprint density at radius 2 is 1.05 bits per heavy atom. The molecule has 0 N–H and O–H groups in total. The van der Waals surface area contributed by atoms with Crippen molar-refractivity contribution < 1.29 is 28.6 Å². The average molecular weight is 537 g/mol. The van der Waals surface area contributed by atoms with Gasteiger partial charge in [0.05, 0.1) is 6.61 Å². The lowest BCUT2D eigenvalue weighted by Gasteiger charge is -2.18. The van der Waals surface area contributed by atoms with Crippen LogP contribution in [0.25, 0.3) is 0 Å². The molecule has 0 fully saturated rings. The van der Waals surface area contributed by atoms with E-state index in [4.69, 9.17) is 14.2 Å². The maximum atomic E-state index is 12.3. The van der Waals surface area contributed by atoms with Crippen LogP contribution in [0.1, 0.15) is 149 Å². The molecule has 0 saturated heterocycles. The number of hydrogen-bond donors (Lipinski definition) is 0. The summed E-state index contributed by atoms with van der Waals surface area (Å²) in [5.74, 6) is -1.64. The molecule has 1 unspecified atom stereocenters. The molecule has 0 saturated carbocycles. The van der Waals surface area contributed by atoms with Crippen LogP contribution in [-0.4, -0.2) is 30.6 Å². The summed E-state index contributed by atoms with van der Waals surface area (Å²) in [6, 6.07) is 0. The zero-order chi connectivity index (χ0) is 28.3. The minimum Gasteiger partial charge on any atom is -0.463 e. The Labute approximate surface area is 232 Å². The standard InChI is InChI=1S/C32H56O6/c1-5-7-9-11-13-15-17-19-21-23-27-36-31(34)25-26-32(35)38-30(28(3)37-29(4)33)24-22-20-18-16-14-12-10-8-6-2/h25-26,30H,3,5-24,27H2,1-2,4H3/b26-25+. The number of hydrogen-bond acceptors (Lipinski definition) is 6. The first-order chi connectivity index (χ1) is 18.4. The first-order valence-corrected chi connectivity index (χ1v) is 15.3. The number of carbonyl (C=O) groups is 3. The van der Waals surface area contributed by atoms with Gasteiger partial charge in [0.2, 0.25) is 0 Å². The van der Waals surface area contributed by atoms with Gasteiger partial charge in [-0.1, -0.05) is 130 Å². The first kappa shape index (κ1) is 35.9. The largest absolute Gasteiger partial charge is 0.463 e. The van der Waals surface area contributed by atoms with E-state index in [1.165, 1.54) is 90.4 Å². The summed E-state index contributed by atoms with van der Waals surface area (Å²) in [5.41, 5.74) is 0. The van der Waals surface area contributed by atoms with Crippen molar-refractivity contribution in [2.45, 2.75) is 155 Å². The van der Waals surface area contributed by atoms with Crippen LogP contribution in [-0.2, 0) is 28.6 Å². The fraction of sp³-hybridized carbons (Fsp3) is 0.781. The quantitative estimate of drug-likeness (QED) is 0.0361. The van der Waals surface area contributed by atoms with E-state index in [9.17, 15) is 14.4 Å². The van der Waals surface area contributed by atoms with E-state index >= 15 is 0 Å². The van der Waals surface area contributed by atoms with Crippen LogP contribution >= 0.6 is 0 Å². The highest BCUT2D eigenvalue weighted by Crippen LogP contribution is 2.18. The zero-order valence-corrected chi connectivity index (χ0v) is 24.7. The third-order valence-electron chi connectivity index (χ3n) is 6.56. The zero-order valence-electron chi connectivity index (χ0n) is 24.7. The van der Waals surface area contributed by atoms with Crippen LogP contribution in [0.15, 0.2) is 24.5 Å². The Kier molecular flexibility index (Phi) is 25.0. The molecular formula is C32H56O6. The summed E-state index contributed by atoms with van der Waals surface area (Å²) in [7, 11) is 0. The van der Waals surface area contributed by atoms with Crippen LogP contribution in [0.2, 0.25) is 0 Å². The lowest BCUT2D eigenvalue weighted by atomic mass is 10.0. The molecule has 6 nitrogen and oxygen atoms in total. The Hall–Kier alpha value is -2.11. The van der Waals surface area contributed by atoms with Gasteiger partial charge in [-0.3, -0.25) is 4.79 Å². The summed E-state index contributed by atoms with van der Waals surface area (Å²) < 4.78 is 15.7. The molecule has 0 aliphatic rings. The van der Waals surface area contributed by atoms with Gasteiger partial charge < -0.3 is 14.2 Å². The SMILES string of the molecule is C=C(OC(C)=O)C(CCCCCCCCCCC)OC(=O)/C=C/C(=O)OCCCCCCCCCCCC. The van der Waals surface area contributed by atoms with Gasteiger partial charge in [-0.15, -0.1) is 0 Å². The van der Waals surface area contributed by atoms with Gasteiger partial charge in [-0.25, -0.2) is 9.59 Å². The van der Waals surface area contributed by atoms with Crippen LogP contribution in [0.5, 0.6) is 0 Å². The smallest absolute Gasteiger partial charge is 0.331 e. The summed E-state index contributed by atoms with van der Waals surface area (Å²) in [5, 5.41) is 0. The highest BCUT2D eigenvalue weighted by molar-refractivity contribution is 5.91.